The van der Waals surface area contributed by atoms with Gasteiger partial charge in [-0.15, -0.1) is 0 Å². The van der Waals surface area contributed by atoms with E-state index in [1.165, 1.54) is 25.7 Å². The summed E-state index contributed by atoms with van der Waals surface area (Å²) in [4.78, 5) is 6.78. The topological polar surface area (TPSA) is 42.2 Å². The summed E-state index contributed by atoms with van der Waals surface area (Å²) in [5, 5.41) is 1.93. The Hall–Kier alpha value is -0.770. The first-order valence-electron chi connectivity index (χ1n) is 5.29. The van der Waals surface area contributed by atoms with Crippen LogP contribution in [0.4, 0.5) is 10.1 Å². The molecule has 78 valence electrons. The summed E-state index contributed by atoms with van der Waals surface area (Å²) in [5.41, 5.74) is 5.70. The first-order valence-corrected chi connectivity index (χ1v) is 6.11. The molecule has 1 aliphatic heterocycles. The molecule has 3 nitrogen and oxygen atoms in total. The van der Waals surface area contributed by atoms with E-state index in [1.807, 2.05) is 0 Å². The van der Waals surface area contributed by atoms with E-state index in [9.17, 15) is 0 Å². The Morgan fingerprint density at radius 1 is 1.64 bits per heavy atom. The molecule has 14 heavy (non-hydrogen) atoms. The van der Waals surface area contributed by atoms with Crippen molar-refractivity contribution in [1.82, 2.24) is 4.98 Å². The van der Waals surface area contributed by atoms with Crippen LogP contribution in [0.1, 0.15) is 32.6 Å². The van der Waals surface area contributed by atoms with Gasteiger partial charge in [0.05, 0.1) is 6.20 Å². The molecule has 1 unspecified atom stereocenters. The molecule has 0 bridgehead atoms. The normalized spacial score (nSPS) is 22.6. The standard InChI is InChI=1S/C10H17N3S/c1-2-8-5-3-4-6-13(8)10-12-7-9(11)14-10/h7-8H,2-6,11H2,1H3. The zero-order valence-corrected chi connectivity index (χ0v) is 9.39. The largest absolute Gasteiger partial charge is 0.389 e. The second kappa shape index (κ2) is 4.17. The number of anilines is 2. The first-order chi connectivity index (χ1) is 6.81. The van der Waals surface area contributed by atoms with Gasteiger partial charge in [-0.2, -0.15) is 0 Å². The monoisotopic (exact) mass is 211 g/mol. The van der Waals surface area contributed by atoms with E-state index < -0.39 is 0 Å². The molecule has 1 aromatic rings. The van der Waals surface area contributed by atoms with Crippen LogP contribution in [0.5, 0.6) is 0 Å². The summed E-state index contributed by atoms with van der Waals surface area (Å²) < 4.78 is 0. The van der Waals surface area contributed by atoms with Crippen LogP contribution in [0, 0.1) is 0 Å². The number of nitrogens with zero attached hydrogens (tertiary/aromatic N) is 2. The molecule has 0 saturated carbocycles. The highest BCUT2D eigenvalue weighted by atomic mass is 32.1. The fourth-order valence-corrected chi connectivity index (χ4v) is 2.87. The molecule has 2 heterocycles. The van der Waals surface area contributed by atoms with Crippen molar-refractivity contribution in [1.29, 1.82) is 0 Å². The van der Waals surface area contributed by atoms with Gasteiger partial charge in [-0.25, -0.2) is 4.98 Å². The number of piperidine rings is 1. The molecule has 4 heteroatoms. The molecule has 1 fully saturated rings. The van der Waals surface area contributed by atoms with Gasteiger partial charge in [-0.1, -0.05) is 18.3 Å². The molecule has 1 aromatic heterocycles. The van der Waals surface area contributed by atoms with Gasteiger partial charge in [-0.05, 0) is 25.7 Å². The van der Waals surface area contributed by atoms with Crippen LogP contribution in [0.3, 0.4) is 0 Å². The summed E-state index contributed by atoms with van der Waals surface area (Å²) in [6.45, 7) is 3.39. The summed E-state index contributed by atoms with van der Waals surface area (Å²) in [5.74, 6) is 0. The Labute approximate surface area is 88.9 Å². The molecular weight excluding hydrogens is 194 g/mol. The van der Waals surface area contributed by atoms with Crippen molar-refractivity contribution in [3.05, 3.63) is 6.20 Å². The van der Waals surface area contributed by atoms with Gasteiger partial charge in [0, 0.05) is 12.6 Å². The summed E-state index contributed by atoms with van der Waals surface area (Å²) >= 11 is 1.61. The number of thiazole rings is 1. The predicted octanol–water partition coefficient (Wildman–Crippen LogP) is 2.49. The van der Waals surface area contributed by atoms with E-state index >= 15 is 0 Å². The second-order valence-electron chi connectivity index (χ2n) is 3.80. The van der Waals surface area contributed by atoms with E-state index in [0.29, 0.717) is 6.04 Å². The molecule has 1 aliphatic rings. The number of nitrogens with two attached hydrogens (primary N) is 1. The summed E-state index contributed by atoms with van der Waals surface area (Å²) in [6.07, 6.45) is 6.92. The van der Waals surface area contributed by atoms with Crippen molar-refractivity contribution in [3.63, 3.8) is 0 Å². The van der Waals surface area contributed by atoms with E-state index in [4.69, 9.17) is 5.73 Å². The van der Waals surface area contributed by atoms with Crippen LogP contribution in [0.2, 0.25) is 0 Å². The Balaban J connectivity index is 2.14. The smallest absolute Gasteiger partial charge is 0.187 e. The lowest BCUT2D eigenvalue weighted by Gasteiger charge is -2.34. The lowest BCUT2D eigenvalue weighted by Crippen LogP contribution is -2.38. The van der Waals surface area contributed by atoms with Gasteiger partial charge in [-0.3, -0.25) is 0 Å². The molecule has 0 spiro atoms. The summed E-state index contributed by atoms with van der Waals surface area (Å²) in [6, 6.07) is 0.675. The van der Waals surface area contributed by atoms with E-state index in [-0.39, 0.29) is 0 Å². The third-order valence-corrected chi connectivity index (χ3v) is 3.72. The van der Waals surface area contributed by atoms with Crippen LogP contribution in [0.15, 0.2) is 6.20 Å². The van der Waals surface area contributed by atoms with Crippen LogP contribution >= 0.6 is 11.3 Å². The molecule has 0 aromatic carbocycles. The highest BCUT2D eigenvalue weighted by Gasteiger charge is 2.22. The lowest BCUT2D eigenvalue weighted by atomic mass is 10.0. The van der Waals surface area contributed by atoms with Crippen LogP contribution in [0.25, 0.3) is 0 Å². The van der Waals surface area contributed by atoms with Gasteiger partial charge in [0.1, 0.15) is 5.00 Å². The number of hydrogen-bond acceptors (Lipinski definition) is 4. The highest BCUT2D eigenvalue weighted by molar-refractivity contribution is 7.19. The molecule has 0 amide bonds. The van der Waals surface area contributed by atoms with Crippen molar-refractivity contribution in [3.8, 4) is 0 Å². The molecule has 1 saturated heterocycles. The van der Waals surface area contributed by atoms with Crippen molar-refractivity contribution < 1.29 is 0 Å². The SMILES string of the molecule is CCC1CCCCN1c1ncc(N)s1. The van der Waals surface area contributed by atoms with Crippen LogP contribution < -0.4 is 10.6 Å². The Bertz CT molecular complexity index is 297. The van der Waals surface area contributed by atoms with Crippen molar-refractivity contribution in [2.24, 2.45) is 0 Å². The minimum Gasteiger partial charge on any atom is -0.389 e. The Morgan fingerprint density at radius 2 is 2.50 bits per heavy atom. The molecule has 2 rings (SSSR count). The van der Waals surface area contributed by atoms with Crippen LogP contribution in [-0.2, 0) is 0 Å². The average Bonchev–Trinajstić information content (AvgIpc) is 2.65. The summed E-state index contributed by atoms with van der Waals surface area (Å²) in [7, 11) is 0. The third-order valence-electron chi connectivity index (χ3n) is 2.86. The first kappa shape index (κ1) is 9.77. The fourth-order valence-electron chi connectivity index (χ4n) is 2.09. The zero-order chi connectivity index (χ0) is 9.97. The molecule has 0 aliphatic carbocycles. The number of hydrogen-bond donors (Lipinski definition) is 1. The van der Waals surface area contributed by atoms with Crippen molar-refractivity contribution in [2.45, 2.75) is 38.6 Å². The van der Waals surface area contributed by atoms with E-state index in [0.717, 1.165) is 16.7 Å². The zero-order valence-electron chi connectivity index (χ0n) is 8.57. The highest BCUT2D eigenvalue weighted by Crippen LogP contribution is 2.30. The minimum absolute atomic E-state index is 0.675. The van der Waals surface area contributed by atoms with Gasteiger partial charge < -0.3 is 10.6 Å². The maximum Gasteiger partial charge on any atom is 0.187 e. The number of nitrogen functional groups attached to an aromatic ring is 1. The Morgan fingerprint density at radius 3 is 3.14 bits per heavy atom. The van der Waals surface area contributed by atoms with E-state index in [2.05, 4.69) is 16.8 Å². The average molecular weight is 211 g/mol. The number of aromatic nitrogens is 1. The minimum atomic E-state index is 0.675. The van der Waals surface area contributed by atoms with Gasteiger partial charge in [0.25, 0.3) is 0 Å². The maximum absolute atomic E-state index is 5.70. The third kappa shape index (κ3) is 1.85. The molecule has 0 radical (unpaired) electrons. The van der Waals surface area contributed by atoms with Crippen molar-refractivity contribution in [2.75, 3.05) is 17.2 Å². The quantitative estimate of drug-likeness (QED) is 0.817. The van der Waals surface area contributed by atoms with Gasteiger partial charge in [0.2, 0.25) is 0 Å². The molecule has 1 atom stereocenters. The van der Waals surface area contributed by atoms with Crippen LogP contribution in [-0.4, -0.2) is 17.6 Å². The predicted molar refractivity (Wildman–Crippen MR) is 61.8 cm³/mol. The Kier molecular flexibility index (Phi) is 2.91. The fraction of sp³-hybridized carbons (Fsp3) is 0.700. The van der Waals surface area contributed by atoms with E-state index in [1.54, 1.807) is 17.5 Å². The van der Waals surface area contributed by atoms with Crippen molar-refractivity contribution >= 4 is 21.5 Å². The molecule has 2 N–H and O–H groups in total. The maximum atomic E-state index is 5.70. The molecular formula is C10H17N3S. The number of rotatable bonds is 2. The second-order valence-corrected chi connectivity index (χ2v) is 4.84. The van der Waals surface area contributed by atoms with Gasteiger partial charge >= 0.3 is 0 Å². The van der Waals surface area contributed by atoms with Gasteiger partial charge in [0.15, 0.2) is 5.13 Å². The lowest BCUT2D eigenvalue weighted by molar-refractivity contribution is 0.449.